The number of ether oxygens (including phenoxy) is 3. The molecule has 1 atom stereocenters. The summed E-state index contributed by atoms with van der Waals surface area (Å²) < 4.78 is 52.9. The highest BCUT2D eigenvalue weighted by Crippen LogP contribution is 2.50. The monoisotopic (exact) mass is 452 g/mol. The van der Waals surface area contributed by atoms with E-state index in [2.05, 4.69) is 14.6 Å². The lowest BCUT2D eigenvalue weighted by atomic mass is 9.62. The van der Waals surface area contributed by atoms with Gasteiger partial charge in [-0.1, -0.05) is 19.1 Å². The van der Waals surface area contributed by atoms with E-state index in [1.54, 1.807) is 18.3 Å². The third-order valence-electron chi connectivity index (χ3n) is 6.23. The third-order valence-corrected chi connectivity index (χ3v) is 6.23. The van der Waals surface area contributed by atoms with Crippen molar-refractivity contribution in [3.63, 3.8) is 0 Å². The molecule has 0 bridgehead atoms. The van der Waals surface area contributed by atoms with Crippen molar-refractivity contribution in [1.82, 2.24) is 9.88 Å². The van der Waals surface area contributed by atoms with Crippen molar-refractivity contribution in [1.29, 1.82) is 0 Å². The van der Waals surface area contributed by atoms with E-state index in [1.165, 1.54) is 24.3 Å². The summed E-state index contributed by atoms with van der Waals surface area (Å²) in [7, 11) is 1.95. The Morgan fingerprint density at radius 3 is 2.22 bits per heavy atom. The number of aromatic nitrogens is 1. The van der Waals surface area contributed by atoms with Crippen LogP contribution in [0, 0.1) is 5.41 Å². The minimum atomic E-state index is -4.77. The zero-order chi connectivity index (χ0) is 23.0. The van der Waals surface area contributed by atoms with E-state index in [0.717, 1.165) is 12.8 Å². The maximum Gasteiger partial charge on any atom is 0.573 e. The number of halogens is 3. The molecular formula is C23H27F3N2O4. The number of aliphatic hydroxyl groups is 1. The smallest absolute Gasteiger partial charge is 0.474 e. The number of hydrogen-bond donors (Lipinski definition) is 1. The summed E-state index contributed by atoms with van der Waals surface area (Å²) in [5.74, 6) is 0.130. The normalized spacial score (nSPS) is 21.4. The highest BCUT2D eigenvalue weighted by atomic mass is 19.4. The van der Waals surface area contributed by atoms with Gasteiger partial charge in [0.05, 0.1) is 13.2 Å². The Bertz CT molecular complexity index is 908. The number of hydrogen-bond acceptors (Lipinski definition) is 6. The van der Waals surface area contributed by atoms with E-state index < -0.39 is 17.4 Å². The van der Waals surface area contributed by atoms with Gasteiger partial charge in [0.2, 0.25) is 5.88 Å². The Morgan fingerprint density at radius 1 is 1.06 bits per heavy atom. The predicted octanol–water partition coefficient (Wildman–Crippen LogP) is 3.73. The number of pyridine rings is 1. The van der Waals surface area contributed by atoms with Gasteiger partial charge in [0.25, 0.3) is 0 Å². The maximum absolute atomic E-state index is 12.5. The molecule has 2 fully saturated rings. The maximum atomic E-state index is 12.5. The molecule has 1 aromatic carbocycles. The first-order valence-electron chi connectivity index (χ1n) is 10.6. The summed E-state index contributed by atoms with van der Waals surface area (Å²) in [5.41, 5.74) is -0.987. The summed E-state index contributed by atoms with van der Waals surface area (Å²) in [5, 5.41) is 12.0. The molecule has 6 nitrogen and oxygen atoms in total. The summed E-state index contributed by atoms with van der Waals surface area (Å²) >= 11 is 0. The minimum Gasteiger partial charge on any atom is -0.474 e. The predicted molar refractivity (Wildman–Crippen MR) is 110 cm³/mol. The first-order chi connectivity index (χ1) is 15.1. The van der Waals surface area contributed by atoms with Gasteiger partial charge in [-0.3, -0.25) is 0 Å². The second-order valence-electron chi connectivity index (χ2n) is 8.83. The molecular weight excluding hydrogens is 425 g/mol. The van der Waals surface area contributed by atoms with Crippen LogP contribution in [-0.4, -0.2) is 60.8 Å². The average molecular weight is 452 g/mol. The number of rotatable bonds is 6. The Kier molecular flexibility index (Phi) is 6.08. The van der Waals surface area contributed by atoms with Gasteiger partial charge in [0.15, 0.2) is 0 Å². The second kappa shape index (κ2) is 8.53. The Hall–Kier alpha value is -2.36. The lowest BCUT2D eigenvalue weighted by molar-refractivity contribution is -0.274. The van der Waals surface area contributed by atoms with E-state index in [9.17, 15) is 18.3 Å². The molecule has 0 spiro atoms. The molecule has 1 unspecified atom stereocenters. The quantitative estimate of drug-likeness (QED) is 0.721. The Labute approximate surface area is 184 Å². The van der Waals surface area contributed by atoms with Crippen molar-refractivity contribution in [2.45, 2.75) is 37.8 Å². The van der Waals surface area contributed by atoms with Gasteiger partial charge in [0, 0.05) is 49.2 Å². The van der Waals surface area contributed by atoms with Crippen molar-refractivity contribution >= 4 is 0 Å². The van der Waals surface area contributed by atoms with Crippen LogP contribution < -0.4 is 9.47 Å². The molecule has 0 saturated carbocycles. The Morgan fingerprint density at radius 2 is 1.69 bits per heavy atom. The number of nitrogens with zero attached hydrogens (tertiary/aromatic N) is 2. The van der Waals surface area contributed by atoms with Crippen LogP contribution in [0.2, 0.25) is 0 Å². The minimum absolute atomic E-state index is 0.0416. The number of likely N-dealkylation sites (tertiary alicyclic amines) is 1. The first-order valence-corrected chi connectivity index (χ1v) is 10.6. The number of alkyl halides is 3. The van der Waals surface area contributed by atoms with Crippen molar-refractivity contribution in [2.75, 3.05) is 33.4 Å². The van der Waals surface area contributed by atoms with E-state index in [4.69, 9.17) is 9.47 Å². The standard InChI is InChI=1S/C23H27F3N2O4/c1-21(14-28(2)15-21)22(29,16-3-6-19(7-4-16)32-23(24,25)26)17-5-8-20(27-13-17)31-18-9-11-30-12-10-18/h3-8,13,18,29H,9-12,14-15H2,1-2H3. The summed E-state index contributed by atoms with van der Waals surface area (Å²) in [6.45, 7) is 4.50. The van der Waals surface area contributed by atoms with Gasteiger partial charge in [-0.25, -0.2) is 4.98 Å². The van der Waals surface area contributed by atoms with Crippen molar-refractivity contribution in [3.8, 4) is 11.6 Å². The number of benzene rings is 1. The fourth-order valence-corrected chi connectivity index (χ4v) is 4.76. The van der Waals surface area contributed by atoms with Gasteiger partial charge in [-0.05, 0) is 30.8 Å². The second-order valence-corrected chi connectivity index (χ2v) is 8.83. The van der Waals surface area contributed by atoms with E-state index in [0.29, 0.717) is 43.3 Å². The lowest BCUT2D eigenvalue weighted by Crippen LogP contribution is -2.63. The van der Waals surface area contributed by atoms with Gasteiger partial charge in [0.1, 0.15) is 17.5 Å². The fourth-order valence-electron chi connectivity index (χ4n) is 4.76. The highest BCUT2D eigenvalue weighted by molar-refractivity contribution is 5.42. The molecule has 32 heavy (non-hydrogen) atoms. The molecule has 0 aliphatic carbocycles. The van der Waals surface area contributed by atoms with Crippen LogP contribution in [0.5, 0.6) is 11.6 Å². The summed E-state index contributed by atoms with van der Waals surface area (Å²) in [6, 6.07) is 8.87. The van der Waals surface area contributed by atoms with Crippen molar-refractivity contribution < 1.29 is 32.5 Å². The molecule has 2 aliphatic heterocycles. The molecule has 9 heteroatoms. The zero-order valence-electron chi connectivity index (χ0n) is 18.1. The van der Waals surface area contributed by atoms with Gasteiger partial charge >= 0.3 is 6.36 Å². The summed E-state index contributed by atoms with van der Waals surface area (Å²) in [4.78, 5) is 6.48. The van der Waals surface area contributed by atoms with Crippen LogP contribution in [0.3, 0.4) is 0 Å². The molecule has 2 saturated heterocycles. The fraction of sp³-hybridized carbons (Fsp3) is 0.522. The highest BCUT2D eigenvalue weighted by Gasteiger charge is 2.55. The zero-order valence-corrected chi connectivity index (χ0v) is 18.1. The molecule has 2 aromatic rings. The molecule has 2 aliphatic rings. The molecule has 1 N–H and O–H groups in total. The van der Waals surface area contributed by atoms with E-state index >= 15 is 0 Å². The summed E-state index contributed by atoms with van der Waals surface area (Å²) in [6.07, 6.45) is -1.56. The van der Waals surface area contributed by atoms with E-state index in [-0.39, 0.29) is 11.9 Å². The van der Waals surface area contributed by atoms with Gasteiger partial charge in [-0.15, -0.1) is 13.2 Å². The van der Waals surface area contributed by atoms with Crippen molar-refractivity contribution in [2.24, 2.45) is 5.41 Å². The molecule has 0 radical (unpaired) electrons. The van der Waals surface area contributed by atoms with Crippen LogP contribution in [0.15, 0.2) is 42.6 Å². The van der Waals surface area contributed by atoms with Crippen LogP contribution >= 0.6 is 0 Å². The average Bonchev–Trinajstić information content (AvgIpc) is 2.73. The molecule has 174 valence electrons. The Balaban J connectivity index is 1.62. The molecule has 1 aromatic heterocycles. The molecule has 3 heterocycles. The molecule has 0 amide bonds. The topological polar surface area (TPSA) is 64.1 Å². The van der Waals surface area contributed by atoms with Gasteiger partial charge < -0.3 is 24.2 Å². The van der Waals surface area contributed by atoms with Crippen LogP contribution in [0.25, 0.3) is 0 Å². The van der Waals surface area contributed by atoms with Crippen LogP contribution in [0.4, 0.5) is 13.2 Å². The lowest BCUT2D eigenvalue weighted by Gasteiger charge is -2.55. The third kappa shape index (κ3) is 4.55. The van der Waals surface area contributed by atoms with Crippen LogP contribution in [-0.2, 0) is 10.3 Å². The largest absolute Gasteiger partial charge is 0.573 e. The van der Waals surface area contributed by atoms with E-state index in [1.807, 2.05) is 14.0 Å². The van der Waals surface area contributed by atoms with Crippen molar-refractivity contribution in [3.05, 3.63) is 53.7 Å². The SMILES string of the molecule is CN1CC(C)(C(O)(c2ccc(OC(F)(F)F)cc2)c2ccc(OC3CCOCC3)nc2)C1. The van der Waals surface area contributed by atoms with Gasteiger partial charge in [-0.2, -0.15) is 0 Å². The first kappa shape index (κ1) is 22.8. The molecule has 4 rings (SSSR count). The van der Waals surface area contributed by atoms with Crippen LogP contribution in [0.1, 0.15) is 30.9 Å².